The number of anilines is 1. The van der Waals surface area contributed by atoms with Gasteiger partial charge in [-0.15, -0.1) is 0 Å². The Morgan fingerprint density at radius 2 is 1.93 bits per heavy atom. The quantitative estimate of drug-likeness (QED) is 0.640. The summed E-state index contributed by atoms with van der Waals surface area (Å²) in [5, 5.41) is 1.03. The molecule has 0 atom stereocenters. The summed E-state index contributed by atoms with van der Waals surface area (Å²) in [5.74, 6) is -0.123. The van der Waals surface area contributed by atoms with Crippen molar-refractivity contribution in [3.63, 3.8) is 0 Å². The number of rotatable bonds is 4. The van der Waals surface area contributed by atoms with Gasteiger partial charge in [-0.05, 0) is 35.9 Å². The van der Waals surface area contributed by atoms with Gasteiger partial charge in [-0.1, -0.05) is 53.2 Å². The number of hydrogen-bond acceptors (Lipinski definition) is 4. The fraction of sp³-hybridized carbons (Fsp3) is 0.200. The van der Waals surface area contributed by atoms with Crippen molar-refractivity contribution >= 4 is 58.7 Å². The first-order chi connectivity index (χ1) is 13.5. The SMILES string of the molecule is O=C1OCCN1CCN1C(=O)/C(=C/c2ccc(Cl)cc2Cl)Sc2ccccc21. The lowest BCUT2D eigenvalue weighted by atomic mass is 10.2. The van der Waals surface area contributed by atoms with Crippen molar-refractivity contribution < 1.29 is 14.3 Å². The van der Waals surface area contributed by atoms with Crippen molar-refractivity contribution in [1.29, 1.82) is 0 Å². The van der Waals surface area contributed by atoms with E-state index in [0.29, 0.717) is 41.2 Å². The summed E-state index contributed by atoms with van der Waals surface area (Å²) in [7, 11) is 0. The van der Waals surface area contributed by atoms with E-state index in [0.717, 1.165) is 16.1 Å². The van der Waals surface area contributed by atoms with E-state index in [9.17, 15) is 9.59 Å². The molecule has 1 saturated heterocycles. The van der Waals surface area contributed by atoms with Crippen molar-refractivity contribution in [2.45, 2.75) is 4.90 Å². The highest BCUT2D eigenvalue weighted by atomic mass is 35.5. The molecule has 2 aromatic rings. The lowest BCUT2D eigenvalue weighted by Gasteiger charge is -2.31. The number of thioether (sulfide) groups is 1. The van der Waals surface area contributed by atoms with Gasteiger partial charge in [0.2, 0.25) is 0 Å². The van der Waals surface area contributed by atoms with Gasteiger partial charge in [-0.2, -0.15) is 0 Å². The van der Waals surface area contributed by atoms with Gasteiger partial charge in [0.25, 0.3) is 5.91 Å². The third kappa shape index (κ3) is 3.85. The standard InChI is InChI=1S/C20H16Cl2N2O3S/c21-14-6-5-13(15(22)12-14)11-18-19(25)24(8-7-23-9-10-27-20(23)26)16-3-1-2-4-17(16)28-18/h1-6,11-12H,7-10H2/b18-11-. The van der Waals surface area contributed by atoms with E-state index in [1.807, 2.05) is 24.3 Å². The molecular formula is C20H16Cl2N2O3S. The molecule has 0 aliphatic carbocycles. The zero-order valence-electron chi connectivity index (χ0n) is 14.7. The molecule has 0 radical (unpaired) electrons. The summed E-state index contributed by atoms with van der Waals surface area (Å²) in [6.45, 7) is 1.73. The molecule has 2 aliphatic heterocycles. The second-order valence-corrected chi connectivity index (χ2v) is 8.23. The molecule has 144 valence electrons. The van der Waals surface area contributed by atoms with Crippen LogP contribution in [0.1, 0.15) is 5.56 Å². The molecule has 4 rings (SSSR count). The molecule has 0 aromatic heterocycles. The van der Waals surface area contributed by atoms with Crippen LogP contribution >= 0.6 is 35.0 Å². The van der Waals surface area contributed by atoms with Gasteiger partial charge in [0.05, 0.1) is 17.1 Å². The Balaban J connectivity index is 1.64. The third-order valence-electron chi connectivity index (χ3n) is 4.52. The highest BCUT2D eigenvalue weighted by molar-refractivity contribution is 8.04. The number of cyclic esters (lactones) is 1. The fourth-order valence-corrected chi connectivity index (χ4v) is 4.61. The second kappa shape index (κ2) is 8.07. The minimum absolute atomic E-state index is 0.123. The van der Waals surface area contributed by atoms with E-state index < -0.39 is 0 Å². The smallest absolute Gasteiger partial charge is 0.410 e. The molecule has 5 nitrogen and oxygen atoms in total. The Morgan fingerprint density at radius 1 is 1.11 bits per heavy atom. The maximum Gasteiger partial charge on any atom is 0.410 e. The molecule has 8 heteroatoms. The van der Waals surface area contributed by atoms with Crippen LogP contribution in [0.3, 0.4) is 0 Å². The normalized spacial score (nSPS) is 17.9. The van der Waals surface area contributed by atoms with E-state index in [1.165, 1.54) is 11.8 Å². The van der Waals surface area contributed by atoms with Crippen LogP contribution in [0.5, 0.6) is 0 Å². The van der Waals surface area contributed by atoms with E-state index >= 15 is 0 Å². The topological polar surface area (TPSA) is 49.9 Å². The minimum Gasteiger partial charge on any atom is -0.448 e. The van der Waals surface area contributed by atoms with Crippen molar-refractivity contribution in [2.75, 3.05) is 31.1 Å². The summed E-state index contributed by atoms with van der Waals surface area (Å²) in [6.07, 6.45) is 1.44. The van der Waals surface area contributed by atoms with Crippen LogP contribution in [0.15, 0.2) is 52.3 Å². The third-order valence-corrected chi connectivity index (χ3v) is 6.16. The molecule has 0 N–H and O–H groups in total. The van der Waals surface area contributed by atoms with E-state index in [4.69, 9.17) is 27.9 Å². The molecule has 2 aliphatic rings. The van der Waals surface area contributed by atoms with Crippen LogP contribution in [-0.2, 0) is 9.53 Å². The highest BCUT2D eigenvalue weighted by Gasteiger charge is 2.30. The van der Waals surface area contributed by atoms with E-state index in [-0.39, 0.29) is 12.0 Å². The summed E-state index contributed by atoms with van der Waals surface area (Å²) >= 11 is 13.6. The Bertz CT molecular complexity index is 980. The fourth-order valence-electron chi connectivity index (χ4n) is 3.09. The lowest BCUT2D eigenvalue weighted by molar-refractivity contribution is -0.114. The highest BCUT2D eigenvalue weighted by Crippen LogP contribution is 2.42. The molecule has 2 amide bonds. The van der Waals surface area contributed by atoms with Gasteiger partial charge in [-0.3, -0.25) is 4.79 Å². The summed E-state index contributed by atoms with van der Waals surface area (Å²) in [6, 6.07) is 12.9. The first-order valence-electron chi connectivity index (χ1n) is 8.70. The maximum absolute atomic E-state index is 13.2. The number of carbonyl (C=O) groups excluding carboxylic acids is 2. The van der Waals surface area contributed by atoms with Gasteiger partial charge < -0.3 is 14.5 Å². The number of halogens is 2. The van der Waals surface area contributed by atoms with E-state index in [2.05, 4.69) is 0 Å². The summed E-state index contributed by atoms with van der Waals surface area (Å²) < 4.78 is 4.97. The zero-order valence-corrected chi connectivity index (χ0v) is 17.1. The molecule has 28 heavy (non-hydrogen) atoms. The van der Waals surface area contributed by atoms with Crippen LogP contribution < -0.4 is 4.90 Å². The predicted molar refractivity (Wildman–Crippen MR) is 112 cm³/mol. The molecule has 0 unspecified atom stereocenters. The Hall–Kier alpha value is -2.15. The van der Waals surface area contributed by atoms with Gasteiger partial charge in [0, 0.05) is 28.0 Å². The number of hydrogen-bond donors (Lipinski definition) is 0. The maximum atomic E-state index is 13.2. The molecule has 0 spiro atoms. The number of para-hydroxylation sites is 1. The summed E-state index contributed by atoms with van der Waals surface area (Å²) in [5.41, 5.74) is 1.56. The molecule has 1 fully saturated rings. The average Bonchev–Trinajstić information content (AvgIpc) is 3.09. The van der Waals surface area contributed by atoms with Gasteiger partial charge >= 0.3 is 6.09 Å². The number of benzene rings is 2. The van der Waals surface area contributed by atoms with Crippen molar-refractivity contribution in [3.05, 3.63) is 63.0 Å². The van der Waals surface area contributed by atoms with Crippen molar-refractivity contribution in [1.82, 2.24) is 4.90 Å². The largest absolute Gasteiger partial charge is 0.448 e. The van der Waals surface area contributed by atoms with Gasteiger partial charge in [0.1, 0.15) is 6.61 Å². The first kappa shape index (κ1) is 19.2. The number of nitrogens with zero attached hydrogens (tertiary/aromatic N) is 2. The Labute approximate surface area is 176 Å². The average molecular weight is 435 g/mol. The number of fused-ring (bicyclic) bond motifs is 1. The number of ether oxygens (including phenoxy) is 1. The van der Waals surface area contributed by atoms with Crippen LogP contribution in [0.4, 0.5) is 10.5 Å². The second-order valence-electron chi connectivity index (χ2n) is 6.30. The molecular weight excluding hydrogens is 419 g/mol. The van der Waals surface area contributed by atoms with E-state index in [1.54, 1.807) is 34.1 Å². The molecule has 0 bridgehead atoms. The lowest BCUT2D eigenvalue weighted by Crippen LogP contribution is -2.41. The van der Waals surface area contributed by atoms with Gasteiger partial charge in [0.15, 0.2) is 0 Å². The molecule has 2 aromatic carbocycles. The Kier molecular flexibility index (Phi) is 5.53. The molecule has 2 heterocycles. The summed E-state index contributed by atoms with van der Waals surface area (Å²) in [4.78, 5) is 29.7. The predicted octanol–water partition coefficient (Wildman–Crippen LogP) is 4.93. The van der Waals surface area contributed by atoms with Crippen molar-refractivity contribution in [3.8, 4) is 0 Å². The number of carbonyl (C=O) groups is 2. The van der Waals surface area contributed by atoms with Crippen molar-refractivity contribution in [2.24, 2.45) is 0 Å². The number of amides is 2. The first-order valence-corrected chi connectivity index (χ1v) is 10.3. The minimum atomic E-state index is -0.337. The van der Waals surface area contributed by atoms with Crippen LogP contribution in [0.2, 0.25) is 10.0 Å². The van der Waals surface area contributed by atoms with Gasteiger partial charge in [-0.25, -0.2) is 4.79 Å². The van der Waals surface area contributed by atoms with Crippen LogP contribution in [0.25, 0.3) is 6.08 Å². The zero-order chi connectivity index (χ0) is 19.7. The monoisotopic (exact) mass is 434 g/mol. The van der Waals surface area contributed by atoms with Crippen LogP contribution in [-0.4, -0.2) is 43.1 Å². The van der Waals surface area contributed by atoms with Crippen LogP contribution in [0, 0.1) is 0 Å². The molecule has 0 saturated carbocycles. The Morgan fingerprint density at radius 3 is 2.68 bits per heavy atom.